The number of hydrogen-bond donors (Lipinski definition) is 0. The molecular formula is C46H48Bi2O11. The zero-order valence-electron chi connectivity index (χ0n) is 34.2. The number of rotatable bonds is 16. The molecule has 0 aliphatic heterocycles. The first-order chi connectivity index (χ1) is 28.5. The third kappa shape index (κ3) is 6.87. The van der Waals surface area contributed by atoms with E-state index >= 15 is 0 Å². The Hall–Kier alpha value is -5.21. The van der Waals surface area contributed by atoms with Gasteiger partial charge >= 0.3 is 352 Å². The van der Waals surface area contributed by atoms with E-state index in [0.29, 0.717) is 54.1 Å². The van der Waals surface area contributed by atoms with Crippen molar-refractivity contribution in [3.05, 3.63) is 146 Å². The van der Waals surface area contributed by atoms with Gasteiger partial charge in [-0.05, 0) is 0 Å². The fourth-order valence-corrected chi connectivity index (χ4v) is 86.8. The minimum absolute atomic E-state index is 0.317. The monoisotopic (exact) mass is 1190 g/mol. The van der Waals surface area contributed by atoms with Crippen molar-refractivity contribution in [1.29, 1.82) is 0 Å². The quantitative estimate of drug-likeness (QED) is 0.129. The fraction of sp³-hybridized carbons (Fsp3) is 0.174. The van der Waals surface area contributed by atoms with Crippen LogP contribution in [0.15, 0.2) is 146 Å². The number of para-hydroxylation sites is 6. The van der Waals surface area contributed by atoms with Gasteiger partial charge in [-0.3, -0.25) is 0 Å². The van der Waals surface area contributed by atoms with Crippen molar-refractivity contribution in [3.63, 3.8) is 0 Å². The van der Waals surface area contributed by atoms with Crippen molar-refractivity contribution in [2.45, 2.75) is 13.8 Å². The fourth-order valence-electron chi connectivity index (χ4n) is 7.95. The molecule has 11 nitrogen and oxygen atoms in total. The first-order valence-electron chi connectivity index (χ1n) is 18.5. The Morgan fingerprint density at radius 3 is 0.644 bits per heavy atom. The van der Waals surface area contributed by atoms with Gasteiger partial charge in [0.1, 0.15) is 0 Å². The van der Waals surface area contributed by atoms with E-state index in [2.05, 4.69) is 0 Å². The van der Waals surface area contributed by atoms with Gasteiger partial charge in [0, 0.05) is 0 Å². The predicted octanol–water partition coefficient (Wildman–Crippen LogP) is 4.42. The van der Waals surface area contributed by atoms with E-state index in [-0.39, 0.29) is 0 Å². The van der Waals surface area contributed by atoms with Crippen molar-refractivity contribution in [1.82, 2.24) is 0 Å². The Morgan fingerprint density at radius 2 is 0.492 bits per heavy atom. The summed E-state index contributed by atoms with van der Waals surface area (Å²) in [4.78, 5) is 29.3. The summed E-state index contributed by atoms with van der Waals surface area (Å²) in [5, 5.41) is 0. The van der Waals surface area contributed by atoms with E-state index < -0.39 is 51.3 Å². The van der Waals surface area contributed by atoms with Crippen LogP contribution in [0.2, 0.25) is 0 Å². The van der Waals surface area contributed by atoms with Gasteiger partial charge in [0.05, 0.1) is 0 Å². The average Bonchev–Trinajstić information content (AvgIpc) is 3.28. The number of carbonyl (C=O) groups is 2. The number of ether oxygens (including phenoxy) is 6. The number of carbonyl (C=O) groups excluding carboxylic acids is 2. The first-order valence-corrected chi connectivity index (χ1v) is 34.6. The Bertz CT molecular complexity index is 2080. The van der Waals surface area contributed by atoms with Crippen LogP contribution in [0.25, 0.3) is 0 Å². The molecule has 0 atom stereocenters. The minimum atomic E-state index is -7.49. The van der Waals surface area contributed by atoms with Gasteiger partial charge in [-0.1, -0.05) is 0 Å². The van der Waals surface area contributed by atoms with Crippen molar-refractivity contribution in [2.75, 3.05) is 42.7 Å². The predicted molar refractivity (Wildman–Crippen MR) is 232 cm³/mol. The van der Waals surface area contributed by atoms with Gasteiger partial charge in [-0.25, -0.2) is 0 Å². The molecule has 0 radical (unpaired) electrons. The van der Waals surface area contributed by atoms with Crippen LogP contribution in [0.3, 0.4) is 0 Å². The number of hydrogen-bond acceptors (Lipinski definition) is 11. The Labute approximate surface area is 349 Å². The van der Waals surface area contributed by atoms with Gasteiger partial charge in [0.2, 0.25) is 0 Å². The average molecular weight is 1190 g/mol. The van der Waals surface area contributed by atoms with Crippen LogP contribution in [0.5, 0.6) is 34.5 Å². The van der Waals surface area contributed by atoms with Gasteiger partial charge < -0.3 is 0 Å². The van der Waals surface area contributed by atoms with Gasteiger partial charge in [0.25, 0.3) is 0 Å². The zero-order valence-corrected chi connectivity index (χ0v) is 41.2. The van der Waals surface area contributed by atoms with Crippen LogP contribution in [0.1, 0.15) is 13.8 Å². The number of benzene rings is 6. The molecule has 0 aliphatic rings. The van der Waals surface area contributed by atoms with Crippen molar-refractivity contribution >= 4 is 70.9 Å². The molecule has 6 rings (SSSR count). The van der Waals surface area contributed by atoms with Crippen molar-refractivity contribution in [2.24, 2.45) is 0 Å². The molecule has 0 aromatic heterocycles. The third-order valence-electron chi connectivity index (χ3n) is 10.1. The Morgan fingerprint density at radius 1 is 0.322 bits per heavy atom. The number of methoxy groups -OCH3 is 6. The molecule has 0 saturated heterocycles. The van der Waals surface area contributed by atoms with E-state index in [1.807, 2.05) is 109 Å². The zero-order chi connectivity index (χ0) is 42.3. The second kappa shape index (κ2) is 17.6. The van der Waals surface area contributed by atoms with Crippen molar-refractivity contribution in [3.8, 4) is 34.5 Å². The van der Waals surface area contributed by atoms with E-state index in [1.165, 1.54) is 56.5 Å². The van der Waals surface area contributed by atoms with Crippen LogP contribution >= 0.6 is 0 Å². The molecule has 0 fully saturated rings. The molecule has 0 aliphatic carbocycles. The first kappa shape index (κ1) is 43.4. The topological polar surface area (TPSA) is 117 Å². The van der Waals surface area contributed by atoms with Crippen LogP contribution in [0, 0.1) is 0 Å². The Balaban J connectivity index is 2.18. The molecule has 0 bridgehead atoms. The van der Waals surface area contributed by atoms with E-state index in [9.17, 15) is 9.59 Å². The molecule has 0 spiro atoms. The normalized spacial score (nSPS) is 12.7. The van der Waals surface area contributed by atoms with Crippen molar-refractivity contribution < 1.29 is 44.5 Å². The molecule has 13 heteroatoms. The summed E-state index contributed by atoms with van der Waals surface area (Å²) < 4.78 is 63.5. The molecule has 0 amide bonds. The van der Waals surface area contributed by atoms with Crippen LogP contribution in [-0.4, -0.2) is 93.9 Å². The van der Waals surface area contributed by atoms with E-state index in [1.54, 1.807) is 36.4 Å². The SMILES string of the molecule is COc1cccc[c]1[Bi]([O]C(C)=O)([O][Bi]([O]C(C)=O)([c]1ccccc1OC)([c]1ccccc1OC)[c]1ccccc1OC)([c]1ccccc1OC)[c]1ccccc1OC. The molecule has 0 N–H and O–H groups in total. The van der Waals surface area contributed by atoms with Crippen LogP contribution in [-0.2, 0) is 16.1 Å². The molecular weight excluding hydrogens is 1150 g/mol. The molecule has 0 saturated carbocycles. The summed E-state index contributed by atoms with van der Waals surface area (Å²) in [6.45, 7) is 2.65. The maximum atomic E-state index is 14.6. The summed E-state index contributed by atoms with van der Waals surface area (Å²) >= 11 is -15.0. The molecule has 59 heavy (non-hydrogen) atoms. The molecule has 6 aromatic rings. The van der Waals surface area contributed by atoms with Gasteiger partial charge in [0.15, 0.2) is 0 Å². The van der Waals surface area contributed by atoms with E-state index in [4.69, 9.17) is 34.9 Å². The summed E-state index contributed by atoms with van der Waals surface area (Å²) in [5.41, 5.74) is 0. The van der Waals surface area contributed by atoms with Gasteiger partial charge in [-0.15, -0.1) is 0 Å². The van der Waals surface area contributed by atoms with Crippen LogP contribution in [0.4, 0.5) is 0 Å². The Kier molecular flexibility index (Phi) is 12.9. The summed E-state index contributed by atoms with van der Waals surface area (Å²) in [6.07, 6.45) is 0. The molecule has 308 valence electrons. The second-order valence-electron chi connectivity index (χ2n) is 13.2. The summed E-state index contributed by atoms with van der Waals surface area (Å²) in [6, 6.07) is 43.3. The summed E-state index contributed by atoms with van der Waals surface area (Å²) in [7, 11) is 9.17. The summed E-state index contributed by atoms with van der Waals surface area (Å²) in [5.74, 6) is 0.483. The molecule has 0 heterocycles. The van der Waals surface area contributed by atoms with Gasteiger partial charge in [-0.2, -0.15) is 0 Å². The second-order valence-corrected chi connectivity index (χ2v) is 46.9. The molecule has 6 aromatic carbocycles. The molecule has 0 unspecified atom stereocenters. The van der Waals surface area contributed by atoms with Crippen LogP contribution < -0.4 is 48.0 Å². The van der Waals surface area contributed by atoms with E-state index in [0.717, 1.165) is 0 Å². The maximum absolute atomic E-state index is 14.6. The third-order valence-corrected chi connectivity index (χ3v) is 67.5. The standard InChI is InChI=1S/6C7H7O.2C2H4O2.2Bi.O/c6*1-8-7-5-3-2-4-6-7;2*1-2(3)4;;;/h6*2-5H,1H3;2*1H3,(H,3,4);;;/q;;;;;;;;2*+1;/p-2.